The van der Waals surface area contributed by atoms with Crippen molar-refractivity contribution in [2.45, 2.75) is 38.6 Å². The smallest absolute Gasteiger partial charge is 0.255 e. The Kier molecular flexibility index (Phi) is 5.86. The van der Waals surface area contributed by atoms with Crippen molar-refractivity contribution in [3.05, 3.63) is 71.5 Å². The number of hydrogen-bond donors (Lipinski definition) is 2. The molecule has 0 aliphatic carbocycles. The Hall–Kier alpha value is -2.97. The van der Waals surface area contributed by atoms with Crippen LogP contribution in [0.2, 0.25) is 0 Å². The normalized spacial score (nSPS) is 11.6. The third-order valence-electron chi connectivity index (χ3n) is 4.20. The van der Waals surface area contributed by atoms with Crippen molar-refractivity contribution in [2.75, 3.05) is 5.32 Å². The van der Waals surface area contributed by atoms with Crippen LogP contribution in [0.15, 0.2) is 59.5 Å². The maximum absolute atomic E-state index is 12.5. The van der Waals surface area contributed by atoms with Crippen LogP contribution in [0.1, 0.15) is 35.6 Å². The van der Waals surface area contributed by atoms with E-state index in [2.05, 4.69) is 15.1 Å². The number of rotatable bonds is 6. The lowest BCUT2D eigenvalue weighted by molar-refractivity contribution is 0.102. The predicted octanol–water partition coefficient (Wildman–Crippen LogP) is 3.43. The van der Waals surface area contributed by atoms with Crippen molar-refractivity contribution in [1.29, 1.82) is 0 Å². The van der Waals surface area contributed by atoms with Crippen molar-refractivity contribution in [1.82, 2.24) is 14.5 Å². The van der Waals surface area contributed by atoms with Crippen LogP contribution in [0.3, 0.4) is 0 Å². The number of aromatic nitrogens is 2. The van der Waals surface area contributed by atoms with Gasteiger partial charge in [0.25, 0.3) is 5.91 Å². The van der Waals surface area contributed by atoms with Gasteiger partial charge in [-0.2, -0.15) is 5.10 Å². The zero-order valence-electron chi connectivity index (χ0n) is 16.8. The molecule has 0 bridgehead atoms. The standard InChI is InChI=1S/C21H24N4O3S/c1-14(2)24-29(27,28)20-11-7-18(8-12-20)22-21(26)17-5-9-19(10-6-17)25-16(4)13-15(3)23-25/h5-14,24H,1-4H3,(H,22,26). The van der Waals surface area contributed by atoms with E-state index in [1.54, 1.807) is 38.1 Å². The number of amides is 1. The lowest BCUT2D eigenvalue weighted by Gasteiger charge is -2.11. The number of hydrogen-bond acceptors (Lipinski definition) is 4. The summed E-state index contributed by atoms with van der Waals surface area (Å²) < 4.78 is 28.7. The van der Waals surface area contributed by atoms with Gasteiger partial charge in [0.1, 0.15) is 0 Å². The van der Waals surface area contributed by atoms with E-state index in [-0.39, 0.29) is 16.8 Å². The lowest BCUT2D eigenvalue weighted by Crippen LogP contribution is -2.30. The van der Waals surface area contributed by atoms with E-state index in [0.29, 0.717) is 11.3 Å². The molecule has 7 nitrogen and oxygen atoms in total. The first kappa shape index (κ1) is 20.8. The fourth-order valence-electron chi connectivity index (χ4n) is 2.94. The Labute approximate surface area is 170 Å². The van der Waals surface area contributed by atoms with E-state index in [1.165, 1.54) is 12.1 Å². The number of anilines is 1. The van der Waals surface area contributed by atoms with Gasteiger partial charge in [0, 0.05) is 23.0 Å². The number of benzene rings is 2. The molecule has 1 aromatic heterocycles. The van der Waals surface area contributed by atoms with Crippen molar-refractivity contribution >= 4 is 21.6 Å². The Morgan fingerprint density at radius 2 is 1.62 bits per heavy atom. The SMILES string of the molecule is Cc1cc(C)n(-c2ccc(C(=O)Nc3ccc(S(=O)(=O)NC(C)C)cc3)cc2)n1. The summed E-state index contributed by atoms with van der Waals surface area (Å²) >= 11 is 0. The van der Waals surface area contributed by atoms with Crippen molar-refractivity contribution in [2.24, 2.45) is 0 Å². The van der Waals surface area contributed by atoms with Crippen molar-refractivity contribution < 1.29 is 13.2 Å². The molecule has 2 N–H and O–H groups in total. The highest BCUT2D eigenvalue weighted by Crippen LogP contribution is 2.17. The monoisotopic (exact) mass is 412 g/mol. The topological polar surface area (TPSA) is 93.1 Å². The number of nitrogens with zero attached hydrogens (tertiary/aromatic N) is 2. The summed E-state index contributed by atoms with van der Waals surface area (Å²) in [5.41, 5.74) is 3.83. The second-order valence-electron chi connectivity index (χ2n) is 7.14. The van der Waals surface area contributed by atoms with Crippen LogP contribution in [0, 0.1) is 13.8 Å². The Morgan fingerprint density at radius 1 is 1.00 bits per heavy atom. The summed E-state index contributed by atoms with van der Waals surface area (Å²) in [5, 5.41) is 7.21. The third-order valence-corrected chi connectivity index (χ3v) is 5.87. The van der Waals surface area contributed by atoms with Gasteiger partial charge < -0.3 is 5.32 Å². The molecule has 152 valence electrons. The molecule has 0 unspecified atom stereocenters. The molecule has 0 saturated carbocycles. The van der Waals surface area contributed by atoms with Crippen molar-refractivity contribution in [3.63, 3.8) is 0 Å². The van der Waals surface area contributed by atoms with Crippen LogP contribution in [0.4, 0.5) is 5.69 Å². The van der Waals surface area contributed by atoms with E-state index in [0.717, 1.165) is 17.1 Å². The van der Waals surface area contributed by atoms with Gasteiger partial charge in [-0.05, 0) is 82.3 Å². The first-order valence-corrected chi connectivity index (χ1v) is 10.7. The quantitative estimate of drug-likeness (QED) is 0.649. The van der Waals surface area contributed by atoms with Crippen LogP contribution in [0.25, 0.3) is 5.69 Å². The average molecular weight is 413 g/mol. The lowest BCUT2D eigenvalue weighted by atomic mass is 10.2. The molecule has 8 heteroatoms. The molecule has 0 radical (unpaired) electrons. The molecule has 1 heterocycles. The van der Waals surface area contributed by atoms with Gasteiger partial charge in [-0.3, -0.25) is 4.79 Å². The molecule has 2 aromatic carbocycles. The second kappa shape index (κ2) is 8.18. The molecule has 3 rings (SSSR count). The van der Waals surface area contributed by atoms with E-state index in [4.69, 9.17) is 0 Å². The molecule has 3 aromatic rings. The molecule has 0 aliphatic heterocycles. The summed E-state index contributed by atoms with van der Waals surface area (Å²) in [6.45, 7) is 7.42. The maximum atomic E-state index is 12.5. The maximum Gasteiger partial charge on any atom is 0.255 e. The number of aryl methyl sites for hydroxylation is 2. The third kappa shape index (κ3) is 4.90. The van der Waals surface area contributed by atoms with Gasteiger partial charge in [-0.15, -0.1) is 0 Å². The summed E-state index contributed by atoms with van der Waals surface area (Å²) in [6.07, 6.45) is 0. The van der Waals surface area contributed by atoms with E-state index in [1.807, 2.05) is 36.7 Å². The molecular formula is C21H24N4O3S. The van der Waals surface area contributed by atoms with Gasteiger partial charge in [-0.1, -0.05) is 0 Å². The summed E-state index contributed by atoms with van der Waals surface area (Å²) in [6, 6.07) is 15.0. The highest BCUT2D eigenvalue weighted by atomic mass is 32.2. The minimum Gasteiger partial charge on any atom is -0.322 e. The second-order valence-corrected chi connectivity index (χ2v) is 8.85. The number of carbonyl (C=O) groups is 1. The zero-order valence-corrected chi connectivity index (χ0v) is 17.6. The summed E-state index contributed by atoms with van der Waals surface area (Å²) in [7, 11) is -3.56. The number of carbonyl (C=O) groups excluding carboxylic acids is 1. The Balaban J connectivity index is 1.71. The average Bonchev–Trinajstić information content (AvgIpc) is 2.99. The van der Waals surface area contributed by atoms with Crippen LogP contribution in [0.5, 0.6) is 0 Å². The van der Waals surface area contributed by atoms with E-state index in [9.17, 15) is 13.2 Å². The molecule has 0 aliphatic rings. The van der Waals surface area contributed by atoms with E-state index >= 15 is 0 Å². The molecular weight excluding hydrogens is 388 g/mol. The molecule has 29 heavy (non-hydrogen) atoms. The fraction of sp³-hybridized carbons (Fsp3) is 0.238. The highest BCUT2D eigenvalue weighted by molar-refractivity contribution is 7.89. The predicted molar refractivity (Wildman–Crippen MR) is 113 cm³/mol. The summed E-state index contributed by atoms with van der Waals surface area (Å²) in [4.78, 5) is 12.6. The minimum atomic E-state index is -3.56. The highest BCUT2D eigenvalue weighted by Gasteiger charge is 2.15. The first-order valence-electron chi connectivity index (χ1n) is 9.23. The van der Waals surface area contributed by atoms with Crippen LogP contribution >= 0.6 is 0 Å². The minimum absolute atomic E-state index is 0.151. The molecule has 0 fully saturated rings. The van der Waals surface area contributed by atoms with Gasteiger partial charge in [0.05, 0.1) is 16.3 Å². The molecule has 1 amide bonds. The number of nitrogens with one attached hydrogen (secondary N) is 2. The Bertz CT molecular complexity index is 1120. The fourth-order valence-corrected chi connectivity index (χ4v) is 4.19. The van der Waals surface area contributed by atoms with E-state index < -0.39 is 10.0 Å². The molecule has 0 saturated heterocycles. The molecule has 0 atom stereocenters. The summed E-state index contributed by atoms with van der Waals surface area (Å²) in [5.74, 6) is -0.277. The molecule has 0 spiro atoms. The van der Waals surface area contributed by atoms with Gasteiger partial charge in [-0.25, -0.2) is 17.8 Å². The van der Waals surface area contributed by atoms with Crippen LogP contribution in [-0.2, 0) is 10.0 Å². The zero-order chi connectivity index (χ0) is 21.2. The van der Waals surface area contributed by atoms with Crippen LogP contribution < -0.4 is 10.0 Å². The first-order chi connectivity index (χ1) is 13.7. The van der Waals surface area contributed by atoms with Gasteiger partial charge in [0.15, 0.2) is 0 Å². The largest absolute Gasteiger partial charge is 0.322 e. The number of sulfonamides is 1. The van der Waals surface area contributed by atoms with Gasteiger partial charge in [0.2, 0.25) is 10.0 Å². The Morgan fingerprint density at radius 3 is 2.14 bits per heavy atom. The van der Waals surface area contributed by atoms with Crippen molar-refractivity contribution in [3.8, 4) is 5.69 Å². The van der Waals surface area contributed by atoms with Crippen LogP contribution in [-0.4, -0.2) is 30.1 Å². The van der Waals surface area contributed by atoms with Gasteiger partial charge >= 0.3 is 0 Å².